The molecule has 1 aliphatic rings. The second-order valence-corrected chi connectivity index (χ2v) is 4.50. The Morgan fingerprint density at radius 3 is 2.65 bits per heavy atom. The molecule has 0 aromatic heterocycles. The average molecular weight is 288 g/mol. The van der Waals surface area contributed by atoms with Gasteiger partial charge in [0.2, 0.25) is 0 Å². The molecule has 1 atom stereocenters. The number of nitro benzene ring substituents is 1. The summed E-state index contributed by atoms with van der Waals surface area (Å²) in [6, 6.07) is 2.34. The average Bonchev–Trinajstić information content (AvgIpc) is 2.85. The number of carbonyl (C=O) groups excluding carboxylic acids is 1. The second kappa shape index (κ2) is 5.10. The highest BCUT2D eigenvalue weighted by molar-refractivity contribution is 5.68. The van der Waals surface area contributed by atoms with E-state index in [0.29, 0.717) is 25.7 Å². The van der Waals surface area contributed by atoms with E-state index in [1.54, 1.807) is 0 Å². The number of anilines is 1. The van der Waals surface area contributed by atoms with Crippen LogP contribution in [0.4, 0.5) is 24.5 Å². The van der Waals surface area contributed by atoms with E-state index in [9.17, 15) is 28.1 Å². The van der Waals surface area contributed by atoms with Gasteiger partial charge in [0.1, 0.15) is 11.8 Å². The molecular weight excluding hydrogens is 277 g/mol. The number of carbonyl (C=O) groups is 1. The van der Waals surface area contributed by atoms with Gasteiger partial charge < -0.3 is 9.69 Å². The van der Waals surface area contributed by atoms with Crippen molar-refractivity contribution in [2.75, 3.05) is 11.4 Å². The van der Waals surface area contributed by atoms with Crippen LogP contribution in [0.5, 0.6) is 0 Å². The summed E-state index contributed by atoms with van der Waals surface area (Å²) < 4.78 is 38.6. The highest BCUT2D eigenvalue weighted by Gasteiger charge is 2.39. The first-order valence-electron chi connectivity index (χ1n) is 5.92. The van der Waals surface area contributed by atoms with Gasteiger partial charge in [0, 0.05) is 18.3 Å². The minimum Gasteiger partial charge on any atom is -0.362 e. The van der Waals surface area contributed by atoms with Crippen LogP contribution in [0.2, 0.25) is 0 Å². The lowest BCUT2D eigenvalue weighted by Crippen LogP contribution is -2.30. The minimum absolute atomic E-state index is 0.178. The number of nitro groups is 1. The summed E-state index contributed by atoms with van der Waals surface area (Å²) in [5.41, 5.74) is -2.10. The molecule has 1 heterocycles. The van der Waals surface area contributed by atoms with Gasteiger partial charge in [-0.15, -0.1) is 0 Å². The third-order valence-corrected chi connectivity index (χ3v) is 3.27. The fourth-order valence-electron chi connectivity index (χ4n) is 2.34. The van der Waals surface area contributed by atoms with Gasteiger partial charge in [-0.3, -0.25) is 10.1 Å². The summed E-state index contributed by atoms with van der Waals surface area (Å²) in [5, 5.41) is 10.7. The minimum atomic E-state index is -4.81. The Labute approximate surface area is 112 Å². The predicted octanol–water partition coefficient (Wildman–Crippen LogP) is 2.78. The molecule has 1 aromatic carbocycles. The van der Waals surface area contributed by atoms with Gasteiger partial charge >= 0.3 is 6.18 Å². The van der Waals surface area contributed by atoms with Crippen molar-refractivity contribution < 1.29 is 22.9 Å². The van der Waals surface area contributed by atoms with Crippen molar-refractivity contribution in [1.29, 1.82) is 0 Å². The largest absolute Gasteiger partial charge is 0.423 e. The van der Waals surface area contributed by atoms with Crippen molar-refractivity contribution in [2.24, 2.45) is 0 Å². The Kier molecular flexibility index (Phi) is 3.65. The van der Waals surface area contributed by atoms with Crippen molar-refractivity contribution in [3.05, 3.63) is 33.9 Å². The van der Waals surface area contributed by atoms with Crippen molar-refractivity contribution >= 4 is 17.7 Å². The molecule has 1 aliphatic heterocycles. The van der Waals surface area contributed by atoms with E-state index >= 15 is 0 Å². The van der Waals surface area contributed by atoms with Crippen LogP contribution in [0.1, 0.15) is 18.4 Å². The number of hydrogen-bond donors (Lipinski definition) is 0. The van der Waals surface area contributed by atoms with E-state index in [0.717, 1.165) is 12.1 Å². The van der Waals surface area contributed by atoms with Gasteiger partial charge in [-0.05, 0) is 25.0 Å². The zero-order chi connectivity index (χ0) is 14.9. The maximum absolute atomic E-state index is 12.9. The lowest BCUT2D eigenvalue weighted by atomic mass is 10.1. The van der Waals surface area contributed by atoms with E-state index in [4.69, 9.17) is 0 Å². The molecular formula is C12H11F3N2O3. The molecule has 0 saturated carbocycles. The molecule has 0 amide bonds. The molecule has 0 spiro atoms. The molecule has 20 heavy (non-hydrogen) atoms. The van der Waals surface area contributed by atoms with Crippen LogP contribution in [0.25, 0.3) is 0 Å². The summed E-state index contributed by atoms with van der Waals surface area (Å²) in [5.74, 6) is 0. The molecule has 2 rings (SSSR count). The van der Waals surface area contributed by atoms with E-state index in [1.165, 1.54) is 11.0 Å². The van der Waals surface area contributed by atoms with Gasteiger partial charge in [0.05, 0.1) is 11.0 Å². The van der Waals surface area contributed by atoms with Crippen molar-refractivity contribution in [3.63, 3.8) is 0 Å². The topological polar surface area (TPSA) is 63.5 Å². The molecule has 0 N–H and O–H groups in total. The van der Waals surface area contributed by atoms with Crippen molar-refractivity contribution in [2.45, 2.75) is 25.1 Å². The van der Waals surface area contributed by atoms with E-state index in [1.807, 2.05) is 0 Å². The zero-order valence-electron chi connectivity index (χ0n) is 10.3. The van der Waals surface area contributed by atoms with Crippen molar-refractivity contribution in [1.82, 2.24) is 0 Å². The van der Waals surface area contributed by atoms with Crippen molar-refractivity contribution in [3.8, 4) is 0 Å². The first kappa shape index (κ1) is 14.3. The number of halogens is 3. The first-order valence-corrected chi connectivity index (χ1v) is 5.92. The summed E-state index contributed by atoms with van der Waals surface area (Å²) in [4.78, 5) is 22.0. The lowest BCUT2D eigenvalue weighted by molar-refractivity contribution is -0.388. The Hall–Kier alpha value is -2.12. The highest BCUT2D eigenvalue weighted by Crippen LogP contribution is 2.39. The van der Waals surface area contributed by atoms with Crippen LogP contribution in [-0.2, 0) is 11.0 Å². The smallest absolute Gasteiger partial charge is 0.362 e. The van der Waals surface area contributed by atoms with Gasteiger partial charge in [0.25, 0.3) is 5.69 Å². The number of rotatable bonds is 3. The van der Waals surface area contributed by atoms with Crippen LogP contribution in [0.3, 0.4) is 0 Å². The van der Waals surface area contributed by atoms with E-state index < -0.39 is 28.4 Å². The van der Waals surface area contributed by atoms with Gasteiger partial charge in [0.15, 0.2) is 0 Å². The van der Waals surface area contributed by atoms with Crippen LogP contribution < -0.4 is 4.90 Å². The van der Waals surface area contributed by atoms with E-state index in [-0.39, 0.29) is 5.69 Å². The van der Waals surface area contributed by atoms with Gasteiger partial charge in [-0.1, -0.05) is 0 Å². The molecule has 0 unspecified atom stereocenters. The fourth-order valence-corrected chi connectivity index (χ4v) is 2.34. The Balaban J connectivity index is 2.47. The third kappa shape index (κ3) is 2.59. The van der Waals surface area contributed by atoms with Crippen LogP contribution in [0.15, 0.2) is 18.2 Å². The van der Waals surface area contributed by atoms with Gasteiger partial charge in [-0.25, -0.2) is 0 Å². The highest BCUT2D eigenvalue weighted by atomic mass is 19.4. The molecule has 1 saturated heterocycles. The molecule has 0 bridgehead atoms. The number of aldehydes is 1. The second-order valence-electron chi connectivity index (χ2n) is 4.50. The molecule has 1 aromatic rings. The molecule has 108 valence electrons. The Bertz CT molecular complexity index is 545. The van der Waals surface area contributed by atoms with Crippen LogP contribution in [0, 0.1) is 10.1 Å². The summed E-state index contributed by atoms with van der Waals surface area (Å²) in [6.07, 6.45) is -2.86. The standard InChI is InChI=1S/C12H11F3N2O3/c13-12(14,15)10-6-8(3-4-11(10)17(19)20)16-5-1-2-9(16)7-18/h3-4,6-7,9H,1-2,5H2/t9-/m1/s1. The Morgan fingerprint density at radius 2 is 2.10 bits per heavy atom. The lowest BCUT2D eigenvalue weighted by Gasteiger charge is -2.23. The van der Waals surface area contributed by atoms with Crippen LogP contribution in [-0.4, -0.2) is 23.8 Å². The zero-order valence-corrected chi connectivity index (χ0v) is 10.3. The number of nitrogens with zero attached hydrogens (tertiary/aromatic N) is 2. The first-order chi connectivity index (χ1) is 9.34. The molecule has 0 radical (unpaired) electrons. The monoisotopic (exact) mass is 288 g/mol. The molecule has 1 fully saturated rings. The Morgan fingerprint density at radius 1 is 1.40 bits per heavy atom. The molecule has 0 aliphatic carbocycles. The number of benzene rings is 1. The fraction of sp³-hybridized carbons (Fsp3) is 0.417. The maximum Gasteiger partial charge on any atom is 0.423 e. The maximum atomic E-state index is 12.9. The third-order valence-electron chi connectivity index (χ3n) is 3.27. The normalized spacial score (nSPS) is 19.1. The molecule has 8 heteroatoms. The molecule has 5 nitrogen and oxygen atoms in total. The summed E-state index contributed by atoms with van der Waals surface area (Å²) >= 11 is 0. The SMILES string of the molecule is O=C[C@H]1CCCN1c1ccc([N+](=O)[O-])c(C(F)(F)F)c1. The van der Waals surface area contributed by atoms with Crippen LogP contribution >= 0.6 is 0 Å². The summed E-state index contributed by atoms with van der Waals surface area (Å²) in [6.45, 7) is 0.457. The number of hydrogen-bond acceptors (Lipinski definition) is 4. The summed E-state index contributed by atoms with van der Waals surface area (Å²) in [7, 11) is 0. The van der Waals surface area contributed by atoms with Gasteiger partial charge in [-0.2, -0.15) is 13.2 Å². The van der Waals surface area contributed by atoms with E-state index in [2.05, 4.69) is 0 Å². The predicted molar refractivity (Wildman–Crippen MR) is 64.5 cm³/mol. The number of alkyl halides is 3. The quantitative estimate of drug-likeness (QED) is 0.487.